The van der Waals surface area contributed by atoms with E-state index in [1.807, 2.05) is 0 Å². The topological polar surface area (TPSA) is 78.9 Å². The first-order valence-electron chi connectivity index (χ1n) is 31.8. The van der Waals surface area contributed by atoms with Gasteiger partial charge in [0.2, 0.25) is 0 Å². The molecule has 0 saturated heterocycles. The van der Waals surface area contributed by atoms with Gasteiger partial charge in [-0.25, -0.2) is 0 Å². The molecule has 0 aliphatic carbocycles. The Morgan fingerprint density at radius 2 is 0.534 bits per heavy atom. The molecule has 6 nitrogen and oxygen atoms in total. The van der Waals surface area contributed by atoms with Gasteiger partial charge in [-0.15, -0.1) is 0 Å². The van der Waals surface area contributed by atoms with Gasteiger partial charge in [0, 0.05) is 19.3 Å². The number of hydrogen-bond acceptors (Lipinski definition) is 6. The lowest BCUT2D eigenvalue weighted by Gasteiger charge is -2.18. The summed E-state index contributed by atoms with van der Waals surface area (Å²) in [6.45, 7) is 6.56. The predicted octanol–water partition coefficient (Wildman–Crippen LogP) is 21.6. The zero-order valence-electron chi connectivity index (χ0n) is 48.7. The van der Waals surface area contributed by atoms with Crippen LogP contribution in [0, 0.1) is 0 Å². The molecular formula is C67H120O6. The Hall–Kier alpha value is -2.89. The summed E-state index contributed by atoms with van der Waals surface area (Å²) in [6, 6.07) is 0. The van der Waals surface area contributed by atoms with Crippen molar-refractivity contribution < 1.29 is 28.6 Å². The summed E-state index contributed by atoms with van der Waals surface area (Å²) < 4.78 is 16.9. The van der Waals surface area contributed by atoms with Crippen molar-refractivity contribution in [2.75, 3.05) is 13.2 Å². The number of carbonyl (C=O) groups excluding carboxylic acids is 3. The maximum absolute atomic E-state index is 12.9. The largest absolute Gasteiger partial charge is 0.462 e. The van der Waals surface area contributed by atoms with E-state index in [-0.39, 0.29) is 31.1 Å². The normalized spacial score (nSPS) is 12.4. The van der Waals surface area contributed by atoms with Crippen molar-refractivity contribution in [3.63, 3.8) is 0 Å². The molecule has 0 aromatic carbocycles. The van der Waals surface area contributed by atoms with Crippen molar-refractivity contribution in [1.82, 2.24) is 0 Å². The average molecular weight is 1020 g/mol. The van der Waals surface area contributed by atoms with Gasteiger partial charge >= 0.3 is 17.9 Å². The Morgan fingerprint density at radius 3 is 0.836 bits per heavy atom. The molecule has 1 unspecified atom stereocenters. The molecule has 1 atom stereocenters. The summed E-state index contributed by atoms with van der Waals surface area (Å²) in [7, 11) is 0. The van der Waals surface area contributed by atoms with Gasteiger partial charge in [0.25, 0.3) is 0 Å². The summed E-state index contributed by atoms with van der Waals surface area (Å²) in [5.74, 6) is -0.892. The van der Waals surface area contributed by atoms with Crippen molar-refractivity contribution in [1.29, 1.82) is 0 Å². The lowest BCUT2D eigenvalue weighted by Crippen LogP contribution is -2.30. The van der Waals surface area contributed by atoms with Crippen LogP contribution in [-0.4, -0.2) is 37.2 Å². The van der Waals surface area contributed by atoms with Crippen molar-refractivity contribution in [2.45, 2.75) is 335 Å². The Kier molecular flexibility index (Phi) is 59.2. The number of rotatable bonds is 58. The molecule has 0 spiro atoms. The third-order valence-electron chi connectivity index (χ3n) is 14.0. The first-order chi connectivity index (χ1) is 36.0. The number of allylic oxidation sites excluding steroid dienone is 10. The Morgan fingerprint density at radius 1 is 0.288 bits per heavy atom. The minimum atomic E-state index is -0.786. The van der Waals surface area contributed by atoms with Gasteiger partial charge in [0.05, 0.1) is 0 Å². The van der Waals surface area contributed by atoms with Crippen LogP contribution in [0.1, 0.15) is 329 Å². The van der Waals surface area contributed by atoms with Crippen LogP contribution in [0.25, 0.3) is 0 Å². The van der Waals surface area contributed by atoms with Gasteiger partial charge in [0.15, 0.2) is 6.10 Å². The molecule has 424 valence electrons. The minimum Gasteiger partial charge on any atom is -0.462 e. The molecule has 0 N–H and O–H groups in total. The second kappa shape index (κ2) is 61.7. The van der Waals surface area contributed by atoms with E-state index in [1.165, 1.54) is 193 Å². The number of ether oxygens (including phenoxy) is 3. The van der Waals surface area contributed by atoms with Gasteiger partial charge in [-0.05, 0) is 64.2 Å². The van der Waals surface area contributed by atoms with Crippen molar-refractivity contribution >= 4 is 17.9 Å². The average Bonchev–Trinajstić information content (AvgIpc) is 3.39. The monoisotopic (exact) mass is 1020 g/mol. The SMILES string of the molecule is CC/C=C\C/C=C\C/C=C\C/C=C\C/C=C\CCCCCC(=O)OCC(COC(=O)CCCCCCCCCCCCCCCCCCC)OC(=O)CCCCCCCCCCCCCCCCCCCCC. The van der Waals surface area contributed by atoms with E-state index in [4.69, 9.17) is 14.2 Å². The zero-order valence-corrected chi connectivity index (χ0v) is 48.7. The second-order valence-electron chi connectivity index (χ2n) is 21.3. The summed E-state index contributed by atoms with van der Waals surface area (Å²) in [5, 5.41) is 0. The van der Waals surface area contributed by atoms with Crippen LogP contribution in [0.5, 0.6) is 0 Å². The lowest BCUT2D eigenvalue weighted by molar-refractivity contribution is -0.167. The maximum Gasteiger partial charge on any atom is 0.306 e. The lowest BCUT2D eigenvalue weighted by atomic mass is 10.0. The highest BCUT2D eigenvalue weighted by Crippen LogP contribution is 2.17. The summed E-state index contributed by atoms with van der Waals surface area (Å²) >= 11 is 0. The maximum atomic E-state index is 12.9. The molecule has 0 aliphatic heterocycles. The van der Waals surface area contributed by atoms with Gasteiger partial charge in [-0.1, -0.05) is 306 Å². The van der Waals surface area contributed by atoms with E-state index in [1.54, 1.807) is 0 Å². The highest BCUT2D eigenvalue weighted by molar-refractivity contribution is 5.71. The van der Waals surface area contributed by atoms with Crippen molar-refractivity contribution in [3.05, 3.63) is 60.8 Å². The van der Waals surface area contributed by atoms with Crippen LogP contribution in [0.15, 0.2) is 60.8 Å². The third kappa shape index (κ3) is 59.9. The fourth-order valence-corrected chi connectivity index (χ4v) is 9.30. The first-order valence-corrected chi connectivity index (χ1v) is 31.8. The fourth-order valence-electron chi connectivity index (χ4n) is 9.30. The Balaban J connectivity index is 4.39. The van der Waals surface area contributed by atoms with Crippen LogP contribution in [0.3, 0.4) is 0 Å². The van der Waals surface area contributed by atoms with Crippen LogP contribution in [0.4, 0.5) is 0 Å². The quantitative estimate of drug-likeness (QED) is 0.0261. The fraction of sp³-hybridized carbons (Fsp3) is 0.806. The molecule has 73 heavy (non-hydrogen) atoms. The van der Waals surface area contributed by atoms with Gasteiger partial charge in [-0.3, -0.25) is 14.4 Å². The molecule has 0 radical (unpaired) electrons. The molecule has 0 aromatic heterocycles. The molecule has 0 aliphatic rings. The molecule has 0 fully saturated rings. The molecule has 0 rings (SSSR count). The van der Waals surface area contributed by atoms with Crippen LogP contribution < -0.4 is 0 Å². The van der Waals surface area contributed by atoms with Gasteiger partial charge < -0.3 is 14.2 Å². The number of esters is 3. The van der Waals surface area contributed by atoms with E-state index in [9.17, 15) is 14.4 Å². The molecule has 0 amide bonds. The van der Waals surface area contributed by atoms with E-state index in [2.05, 4.69) is 81.5 Å². The van der Waals surface area contributed by atoms with Crippen molar-refractivity contribution in [2.24, 2.45) is 0 Å². The van der Waals surface area contributed by atoms with E-state index < -0.39 is 6.10 Å². The van der Waals surface area contributed by atoms with Crippen molar-refractivity contribution in [3.8, 4) is 0 Å². The highest BCUT2D eigenvalue weighted by atomic mass is 16.6. The molecule has 6 heteroatoms. The van der Waals surface area contributed by atoms with Crippen LogP contribution in [0.2, 0.25) is 0 Å². The summed E-state index contributed by atoms with van der Waals surface area (Å²) in [4.78, 5) is 38.3. The second-order valence-corrected chi connectivity index (χ2v) is 21.3. The summed E-state index contributed by atoms with van der Waals surface area (Å²) in [5.41, 5.74) is 0. The van der Waals surface area contributed by atoms with E-state index >= 15 is 0 Å². The molecule has 0 aromatic rings. The van der Waals surface area contributed by atoms with Crippen LogP contribution >= 0.6 is 0 Å². The van der Waals surface area contributed by atoms with Crippen LogP contribution in [-0.2, 0) is 28.6 Å². The Bertz CT molecular complexity index is 1310. The van der Waals surface area contributed by atoms with Gasteiger partial charge in [-0.2, -0.15) is 0 Å². The van der Waals surface area contributed by atoms with Gasteiger partial charge in [0.1, 0.15) is 13.2 Å². The number of carbonyl (C=O) groups is 3. The molecule has 0 saturated carbocycles. The standard InChI is InChI=1S/C67H120O6/c1-4-7-10-13-16-19-22-25-28-31-33-36-39-42-45-48-51-54-57-60-66(69)72-63-64(62-71-65(68)59-56-53-50-47-44-41-38-35-30-27-24-21-18-15-12-9-6-3)73-67(70)61-58-55-52-49-46-43-40-37-34-32-29-26-23-20-17-14-11-8-5-2/h7,10,16,19,25,28,33,36,42,45,64H,4-6,8-9,11-15,17-18,20-24,26-27,29-32,34-35,37-41,43-44,46-63H2,1-3H3/b10-7-,19-16-,28-25-,36-33-,45-42-. The predicted molar refractivity (Wildman–Crippen MR) is 316 cm³/mol. The van der Waals surface area contributed by atoms with E-state index in [0.717, 1.165) is 96.3 Å². The van der Waals surface area contributed by atoms with E-state index in [0.29, 0.717) is 19.3 Å². The zero-order chi connectivity index (χ0) is 52.9. The highest BCUT2D eigenvalue weighted by Gasteiger charge is 2.19. The summed E-state index contributed by atoms with van der Waals surface area (Å²) in [6.07, 6.45) is 77.9. The minimum absolute atomic E-state index is 0.0801. The number of hydrogen-bond donors (Lipinski definition) is 0. The third-order valence-corrected chi connectivity index (χ3v) is 14.0. The Labute approximate surface area is 453 Å². The number of unbranched alkanes of at least 4 members (excludes halogenated alkanes) is 37. The smallest absolute Gasteiger partial charge is 0.306 e. The molecule has 0 heterocycles. The first kappa shape index (κ1) is 70.1. The molecule has 0 bridgehead atoms. The molecular weight excluding hydrogens is 901 g/mol.